The molecule has 0 unspecified atom stereocenters. The van der Waals surface area contributed by atoms with Gasteiger partial charge >= 0.3 is 0 Å². The Hall–Kier alpha value is -0.980. The van der Waals surface area contributed by atoms with E-state index in [1.54, 1.807) is 6.92 Å². The molecule has 0 atom stereocenters. The summed E-state index contributed by atoms with van der Waals surface area (Å²) in [5.41, 5.74) is 0. The lowest BCUT2D eigenvalue weighted by molar-refractivity contribution is 0.257. The molecule has 0 aliphatic rings. The van der Waals surface area contributed by atoms with Crippen LogP contribution in [0.2, 0.25) is 0 Å². The lowest BCUT2D eigenvalue weighted by Crippen LogP contribution is -2.33. The fourth-order valence-electron chi connectivity index (χ4n) is 1.32. The zero-order valence-electron chi connectivity index (χ0n) is 8.93. The van der Waals surface area contributed by atoms with Crippen molar-refractivity contribution in [1.29, 1.82) is 0 Å². The first-order valence-electron chi connectivity index (χ1n) is 4.89. The van der Waals surface area contributed by atoms with Crippen LogP contribution in [0.1, 0.15) is 6.92 Å². The minimum absolute atomic E-state index is 0.0317. The quantitative estimate of drug-likeness (QED) is 0.838. The predicted molar refractivity (Wildman–Crippen MR) is 57.9 cm³/mol. The van der Waals surface area contributed by atoms with Gasteiger partial charge in [-0.15, -0.1) is 0 Å². The smallest absolute Gasteiger partial charge is 0.243 e. The highest BCUT2D eigenvalue weighted by molar-refractivity contribution is 7.89. The van der Waals surface area contributed by atoms with Crippen LogP contribution in [0.25, 0.3) is 0 Å². The van der Waals surface area contributed by atoms with E-state index in [1.807, 2.05) is 0 Å². The third-order valence-electron chi connectivity index (χ3n) is 2.15. The Balaban J connectivity index is 3.04. The second-order valence-corrected chi connectivity index (χ2v) is 5.11. The Morgan fingerprint density at radius 2 is 1.88 bits per heavy atom. The summed E-state index contributed by atoms with van der Waals surface area (Å²) in [6, 6.07) is 4.62. The number of aliphatic hydroxyl groups is 1. The van der Waals surface area contributed by atoms with Gasteiger partial charge in [0.2, 0.25) is 10.0 Å². The summed E-state index contributed by atoms with van der Waals surface area (Å²) in [4.78, 5) is 0.0317. The van der Waals surface area contributed by atoms with E-state index in [-0.39, 0.29) is 24.6 Å². The first-order valence-corrected chi connectivity index (χ1v) is 6.33. The van der Waals surface area contributed by atoms with E-state index in [1.165, 1.54) is 12.1 Å². The van der Waals surface area contributed by atoms with E-state index in [0.717, 1.165) is 16.4 Å². The number of hydrogen-bond acceptors (Lipinski definition) is 3. The Labute approximate surface area is 94.4 Å². The lowest BCUT2D eigenvalue weighted by atomic mass is 10.4. The first-order chi connectivity index (χ1) is 7.52. The molecule has 0 amide bonds. The number of aliphatic hydroxyl groups excluding tert-OH is 1. The summed E-state index contributed by atoms with van der Waals surface area (Å²) in [5, 5.41) is 8.76. The van der Waals surface area contributed by atoms with Gasteiger partial charge in [-0.1, -0.05) is 6.92 Å². The van der Waals surface area contributed by atoms with Crippen LogP contribution >= 0.6 is 0 Å². The topological polar surface area (TPSA) is 57.6 Å². The van der Waals surface area contributed by atoms with Crippen molar-refractivity contribution in [3.63, 3.8) is 0 Å². The van der Waals surface area contributed by atoms with Crippen molar-refractivity contribution in [1.82, 2.24) is 4.31 Å². The highest BCUT2D eigenvalue weighted by Gasteiger charge is 2.22. The monoisotopic (exact) mass is 247 g/mol. The summed E-state index contributed by atoms with van der Waals surface area (Å²) in [7, 11) is -3.62. The highest BCUT2D eigenvalue weighted by atomic mass is 32.2. The lowest BCUT2D eigenvalue weighted by Gasteiger charge is -2.19. The molecule has 4 nitrogen and oxygen atoms in total. The summed E-state index contributed by atoms with van der Waals surface area (Å²) in [6.45, 7) is 1.74. The van der Waals surface area contributed by atoms with Crippen molar-refractivity contribution in [2.75, 3.05) is 19.7 Å². The predicted octanol–water partition coefficient (Wildman–Crippen LogP) is 0.829. The van der Waals surface area contributed by atoms with Crippen molar-refractivity contribution in [2.24, 2.45) is 0 Å². The molecule has 0 aliphatic heterocycles. The standard InChI is InChI=1S/C10H14FNO3S/c1-2-12(7-8-13)16(14,15)10-5-3-9(11)4-6-10/h3-6,13H,2,7-8H2,1H3. The maximum absolute atomic E-state index is 12.7. The molecule has 0 spiro atoms. The molecule has 16 heavy (non-hydrogen) atoms. The molecular formula is C10H14FNO3S. The number of nitrogens with zero attached hydrogens (tertiary/aromatic N) is 1. The number of hydrogen-bond donors (Lipinski definition) is 1. The van der Waals surface area contributed by atoms with E-state index in [2.05, 4.69) is 0 Å². The number of rotatable bonds is 5. The summed E-state index contributed by atoms with van der Waals surface area (Å²) >= 11 is 0. The fourth-order valence-corrected chi connectivity index (χ4v) is 2.76. The molecule has 1 N–H and O–H groups in total. The minimum atomic E-state index is -3.62. The molecule has 1 rings (SSSR count). The fraction of sp³-hybridized carbons (Fsp3) is 0.400. The molecule has 90 valence electrons. The highest BCUT2D eigenvalue weighted by Crippen LogP contribution is 2.15. The van der Waals surface area contributed by atoms with Crippen LogP contribution in [0.5, 0.6) is 0 Å². The molecule has 0 fully saturated rings. The Morgan fingerprint density at radius 3 is 2.31 bits per heavy atom. The van der Waals surface area contributed by atoms with Crippen LogP contribution in [0.4, 0.5) is 4.39 Å². The first kappa shape index (κ1) is 13.1. The second kappa shape index (κ2) is 5.38. The third-order valence-corrected chi connectivity index (χ3v) is 4.14. The maximum Gasteiger partial charge on any atom is 0.243 e. The maximum atomic E-state index is 12.7. The van der Waals surface area contributed by atoms with Crippen molar-refractivity contribution < 1.29 is 17.9 Å². The van der Waals surface area contributed by atoms with Gasteiger partial charge in [0.25, 0.3) is 0 Å². The number of halogens is 1. The number of sulfonamides is 1. The van der Waals surface area contributed by atoms with Gasteiger partial charge in [-0.3, -0.25) is 0 Å². The summed E-state index contributed by atoms with van der Waals surface area (Å²) in [6.07, 6.45) is 0. The van der Waals surface area contributed by atoms with Gasteiger partial charge in [0.05, 0.1) is 11.5 Å². The van der Waals surface area contributed by atoms with Crippen molar-refractivity contribution in [3.8, 4) is 0 Å². The third kappa shape index (κ3) is 2.78. The van der Waals surface area contributed by atoms with E-state index < -0.39 is 15.8 Å². The molecule has 0 aromatic heterocycles. The van der Waals surface area contributed by atoms with Crippen molar-refractivity contribution >= 4 is 10.0 Å². The van der Waals surface area contributed by atoms with Crippen LogP contribution in [-0.2, 0) is 10.0 Å². The normalized spacial score (nSPS) is 12.0. The molecule has 0 heterocycles. The Morgan fingerprint density at radius 1 is 1.31 bits per heavy atom. The van der Waals surface area contributed by atoms with Gasteiger partial charge in [-0.2, -0.15) is 4.31 Å². The molecule has 6 heteroatoms. The zero-order chi connectivity index (χ0) is 12.2. The van der Waals surface area contributed by atoms with Crippen LogP contribution in [0.3, 0.4) is 0 Å². The Kier molecular flexibility index (Phi) is 4.40. The van der Waals surface area contributed by atoms with Gasteiger partial charge < -0.3 is 5.11 Å². The van der Waals surface area contributed by atoms with E-state index in [9.17, 15) is 12.8 Å². The SMILES string of the molecule is CCN(CCO)S(=O)(=O)c1ccc(F)cc1. The minimum Gasteiger partial charge on any atom is -0.395 e. The average Bonchev–Trinajstić information content (AvgIpc) is 2.26. The van der Waals surface area contributed by atoms with Crippen LogP contribution in [0, 0.1) is 5.82 Å². The molecule has 0 bridgehead atoms. The summed E-state index contributed by atoms with van der Waals surface area (Å²) < 4.78 is 37.7. The van der Waals surface area contributed by atoms with Crippen LogP contribution < -0.4 is 0 Å². The average molecular weight is 247 g/mol. The molecule has 0 radical (unpaired) electrons. The summed E-state index contributed by atoms with van der Waals surface area (Å²) in [5.74, 6) is -0.482. The Bertz CT molecular complexity index is 430. The van der Waals surface area contributed by atoms with E-state index >= 15 is 0 Å². The van der Waals surface area contributed by atoms with Gasteiger partial charge in [-0.25, -0.2) is 12.8 Å². The van der Waals surface area contributed by atoms with Crippen molar-refractivity contribution in [3.05, 3.63) is 30.1 Å². The molecule has 0 saturated heterocycles. The second-order valence-electron chi connectivity index (χ2n) is 3.17. The molecule has 1 aromatic rings. The van der Waals surface area contributed by atoms with Gasteiger partial charge in [0.1, 0.15) is 5.82 Å². The van der Waals surface area contributed by atoms with Crippen molar-refractivity contribution in [2.45, 2.75) is 11.8 Å². The van der Waals surface area contributed by atoms with Gasteiger partial charge in [-0.05, 0) is 24.3 Å². The number of benzene rings is 1. The molecular weight excluding hydrogens is 233 g/mol. The van der Waals surface area contributed by atoms with E-state index in [4.69, 9.17) is 5.11 Å². The van der Waals surface area contributed by atoms with E-state index in [0.29, 0.717) is 0 Å². The van der Waals surface area contributed by atoms with Gasteiger partial charge in [0, 0.05) is 13.1 Å². The molecule has 1 aromatic carbocycles. The molecule has 0 aliphatic carbocycles. The number of likely N-dealkylation sites (N-methyl/N-ethyl adjacent to an activating group) is 1. The zero-order valence-corrected chi connectivity index (χ0v) is 9.74. The molecule has 0 saturated carbocycles. The van der Waals surface area contributed by atoms with Gasteiger partial charge in [0.15, 0.2) is 0 Å². The van der Waals surface area contributed by atoms with Crippen LogP contribution in [0.15, 0.2) is 29.2 Å². The largest absolute Gasteiger partial charge is 0.395 e. The van der Waals surface area contributed by atoms with Crippen LogP contribution in [-0.4, -0.2) is 37.5 Å².